The second kappa shape index (κ2) is 8.22. The first kappa shape index (κ1) is 20.2. The van der Waals surface area contributed by atoms with Gasteiger partial charge in [-0.1, -0.05) is 44.2 Å². The predicted molar refractivity (Wildman–Crippen MR) is 109 cm³/mol. The summed E-state index contributed by atoms with van der Waals surface area (Å²) < 4.78 is 0. The number of nitro groups is 1. The molecule has 0 radical (unpaired) electrons. The molecule has 8 nitrogen and oxygen atoms in total. The van der Waals surface area contributed by atoms with Crippen LogP contribution < -0.4 is 5.32 Å². The van der Waals surface area contributed by atoms with Crippen molar-refractivity contribution in [2.75, 3.05) is 5.32 Å². The van der Waals surface area contributed by atoms with E-state index in [1.165, 1.54) is 24.1 Å². The molecule has 0 aromatic heterocycles. The van der Waals surface area contributed by atoms with Crippen molar-refractivity contribution in [1.82, 2.24) is 5.01 Å². The summed E-state index contributed by atoms with van der Waals surface area (Å²) in [6.07, 6.45) is 0. The average molecular weight is 394 g/mol. The van der Waals surface area contributed by atoms with Crippen LogP contribution in [0.25, 0.3) is 0 Å². The lowest BCUT2D eigenvalue weighted by Gasteiger charge is -2.26. The number of non-ortho nitro benzene ring substituents is 1. The first-order valence-corrected chi connectivity index (χ1v) is 9.28. The van der Waals surface area contributed by atoms with Crippen molar-refractivity contribution in [3.8, 4) is 0 Å². The minimum absolute atomic E-state index is 0.0589. The molecule has 8 heteroatoms. The third-order valence-electron chi connectivity index (χ3n) is 4.80. The monoisotopic (exact) mass is 394 g/mol. The number of rotatable bonds is 5. The van der Waals surface area contributed by atoms with Crippen LogP contribution in [-0.2, 0) is 9.59 Å². The molecular formula is C21H22N4O4. The Bertz CT molecular complexity index is 954. The van der Waals surface area contributed by atoms with E-state index < -0.39 is 16.9 Å². The number of hydrogen-bond acceptors (Lipinski definition) is 5. The van der Waals surface area contributed by atoms with E-state index >= 15 is 0 Å². The molecule has 2 amide bonds. The molecule has 29 heavy (non-hydrogen) atoms. The van der Waals surface area contributed by atoms with Crippen molar-refractivity contribution in [1.29, 1.82) is 0 Å². The van der Waals surface area contributed by atoms with E-state index in [-0.39, 0.29) is 23.4 Å². The van der Waals surface area contributed by atoms with Crippen LogP contribution in [0.5, 0.6) is 0 Å². The first-order valence-electron chi connectivity index (χ1n) is 9.28. The molecule has 2 aromatic rings. The van der Waals surface area contributed by atoms with E-state index in [2.05, 4.69) is 10.4 Å². The Hall–Kier alpha value is -3.55. The summed E-state index contributed by atoms with van der Waals surface area (Å²) in [4.78, 5) is 36.0. The van der Waals surface area contributed by atoms with E-state index in [1.54, 1.807) is 24.3 Å². The van der Waals surface area contributed by atoms with Crippen LogP contribution in [0.2, 0.25) is 0 Å². The number of amides is 2. The molecular weight excluding hydrogens is 372 g/mol. The van der Waals surface area contributed by atoms with Crippen molar-refractivity contribution >= 4 is 28.9 Å². The van der Waals surface area contributed by atoms with Gasteiger partial charge in [-0.15, -0.1) is 0 Å². The molecule has 0 saturated carbocycles. The van der Waals surface area contributed by atoms with Crippen LogP contribution in [0.4, 0.5) is 11.4 Å². The minimum atomic E-state index is -0.708. The number of hydrogen-bond donors (Lipinski definition) is 1. The molecule has 0 bridgehead atoms. The SMILES string of the molecule is CC(=O)N1N=C(C(C)C)C(C(=O)Nc2ccccc2)C1c1ccc([N+](=O)[O-])cc1. The maximum Gasteiger partial charge on any atom is 0.269 e. The van der Waals surface area contributed by atoms with E-state index in [0.717, 1.165) is 0 Å². The molecule has 0 aliphatic carbocycles. The fourth-order valence-corrected chi connectivity index (χ4v) is 3.44. The van der Waals surface area contributed by atoms with Crippen LogP contribution in [0.1, 0.15) is 32.4 Å². The highest BCUT2D eigenvalue weighted by molar-refractivity contribution is 6.12. The fourth-order valence-electron chi connectivity index (χ4n) is 3.44. The van der Waals surface area contributed by atoms with Crippen LogP contribution >= 0.6 is 0 Å². The Labute approximate surface area is 168 Å². The number of benzene rings is 2. The maximum absolute atomic E-state index is 13.2. The second-order valence-electron chi connectivity index (χ2n) is 7.17. The second-order valence-corrected chi connectivity index (χ2v) is 7.17. The predicted octanol–water partition coefficient (Wildman–Crippen LogP) is 3.76. The zero-order valence-electron chi connectivity index (χ0n) is 16.4. The molecule has 0 spiro atoms. The minimum Gasteiger partial charge on any atom is -0.325 e. The summed E-state index contributed by atoms with van der Waals surface area (Å²) >= 11 is 0. The zero-order valence-corrected chi connectivity index (χ0v) is 16.4. The summed E-state index contributed by atoms with van der Waals surface area (Å²) in [5.41, 5.74) is 1.79. The highest BCUT2D eigenvalue weighted by Gasteiger charge is 2.45. The summed E-state index contributed by atoms with van der Waals surface area (Å²) in [7, 11) is 0. The molecule has 0 saturated heterocycles. The van der Waals surface area contributed by atoms with Crippen molar-refractivity contribution in [2.24, 2.45) is 16.9 Å². The van der Waals surface area contributed by atoms with Gasteiger partial charge in [-0.05, 0) is 23.6 Å². The largest absolute Gasteiger partial charge is 0.325 e. The van der Waals surface area contributed by atoms with Gasteiger partial charge >= 0.3 is 0 Å². The number of hydrazone groups is 1. The van der Waals surface area contributed by atoms with Gasteiger partial charge in [-0.3, -0.25) is 19.7 Å². The summed E-state index contributed by atoms with van der Waals surface area (Å²) in [5, 5.41) is 19.6. The maximum atomic E-state index is 13.2. The van der Waals surface area contributed by atoms with Gasteiger partial charge in [0.25, 0.3) is 5.69 Å². The summed E-state index contributed by atoms with van der Waals surface area (Å²) in [6.45, 7) is 5.22. The zero-order chi connectivity index (χ0) is 21.1. The summed E-state index contributed by atoms with van der Waals surface area (Å²) in [5.74, 6) is -1.36. The number of anilines is 1. The van der Waals surface area contributed by atoms with E-state index in [4.69, 9.17) is 0 Å². The van der Waals surface area contributed by atoms with Crippen LogP contribution in [0.3, 0.4) is 0 Å². The Balaban J connectivity index is 2.02. The van der Waals surface area contributed by atoms with E-state index in [9.17, 15) is 19.7 Å². The fraction of sp³-hybridized carbons (Fsp3) is 0.286. The Morgan fingerprint density at radius 2 is 1.72 bits per heavy atom. The Kier molecular flexibility index (Phi) is 5.72. The van der Waals surface area contributed by atoms with Gasteiger partial charge in [0.05, 0.1) is 16.7 Å². The lowest BCUT2D eigenvalue weighted by atomic mass is 9.84. The van der Waals surface area contributed by atoms with Gasteiger partial charge in [0, 0.05) is 24.7 Å². The average Bonchev–Trinajstić information content (AvgIpc) is 3.10. The number of nitrogens with one attached hydrogen (secondary N) is 1. The molecule has 1 aliphatic heterocycles. The number of nitro benzene ring substituents is 1. The topological polar surface area (TPSA) is 105 Å². The Morgan fingerprint density at radius 1 is 1.10 bits per heavy atom. The van der Waals surface area contributed by atoms with Crippen molar-refractivity contribution in [3.63, 3.8) is 0 Å². The Morgan fingerprint density at radius 3 is 2.24 bits per heavy atom. The molecule has 1 aliphatic rings. The third kappa shape index (κ3) is 4.16. The van der Waals surface area contributed by atoms with Gasteiger partial charge in [0.2, 0.25) is 11.8 Å². The van der Waals surface area contributed by atoms with Crippen molar-refractivity contribution in [2.45, 2.75) is 26.8 Å². The molecule has 3 rings (SSSR count). The van der Waals surface area contributed by atoms with E-state index in [1.807, 2.05) is 32.0 Å². The van der Waals surface area contributed by atoms with Gasteiger partial charge in [0.15, 0.2) is 0 Å². The van der Waals surface area contributed by atoms with Gasteiger partial charge in [-0.2, -0.15) is 5.10 Å². The number of carbonyl (C=O) groups is 2. The van der Waals surface area contributed by atoms with Crippen LogP contribution in [0, 0.1) is 22.0 Å². The molecule has 2 unspecified atom stereocenters. The highest BCUT2D eigenvalue weighted by atomic mass is 16.6. The number of para-hydroxylation sites is 1. The lowest BCUT2D eigenvalue weighted by molar-refractivity contribution is -0.384. The normalized spacial score (nSPS) is 18.5. The first-order chi connectivity index (χ1) is 13.8. The molecule has 1 heterocycles. The van der Waals surface area contributed by atoms with Gasteiger partial charge in [-0.25, -0.2) is 5.01 Å². The van der Waals surface area contributed by atoms with Crippen molar-refractivity contribution in [3.05, 3.63) is 70.3 Å². The van der Waals surface area contributed by atoms with E-state index in [0.29, 0.717) is 17.0 Å². The van der Waals surface area contributed by atoms with Crippen LogP contribution in [-0.4, -0.2) is 27.5 Å². The quantitative estimate of drug-likeness (QED) is 0.615. The van der Waals surface area contributed by atoms with Gasteiger partial charge in [0.1, 0.15) is 5.92 Å². The molecule has 1 N–H and O–H groups in total. The smallest absolute Gasteiger partial charge is 0.269 e. The standard InChI is InChI=1S/C21H22N4O4/c1-13(2)19-18(21(27)22-16-7-5-4-6-8-16)20(24(23-19)14(3)26)15-9-11-17(12-10-15)25(28)29/h4-13,18,20H,1-3H3,(H,22,27). The van der Waals surface area contributed by atoms with Gasteiger partial charge < -0.3 is 5.32 Å². The lowest BCUT2D eigenvalue weighted by Crippen LogP contribution is -2.37. The molecule has 2 atom stereocenters. The number of nitrogens with zero attached hydrogens (tertiary/aromatic N) is 3. The molecule has 2 aromatic carbocycles. The number of carbonyl (C=O) groups excluding carboxylic acids is 2. The van der Waals surface area contributed by atoms with Crippen molar-refractivity contribution < 1.29 is 14.5 Å². The third-order valence-corrected chi connectivity index (χ3v) is 4.80. The molecule has 0 fully saturated rings. The summed E-state index contributed by atoms with van der Waals surface area (Å²) in [6, 6.07) is 14.2. The highest BCUT2D eigenvalue weighted by Crippen LogP contribution is 2.39. The van der Waals surface area contributed by atoms with Crippen LogP contribution in [0.15, 0.2) is 59.7 Å². The molecule has 150 valence electrons.